The van der Waals surface area contributed by atoms with E-state index in [1.54, 1.807) is 18.2 Å². The summed E-state index contributed by atoms with van der Waals surface area (Å²) in [6.07, 6.45) is 6.12. The van der Waals surface area contributed by atoms with Crippen molar-refractivity contribution in [3.8, 4) is 0 Å². The fourth-order valence-electron chi connectivity index (χ4n) is 4.84. The Morgan fingerprint density at radius 1 is 0.841 bits per heavy atom. The van der Waals surface area contributed by atoms with Gasteiger partial charge in [0.2, 0.25) is 11.8 Å². The summed E-state index contributed by atoms with van der Waals surface area (Å²) in [7, 11) is 0. The number of benzene rings is 1. The third-order valence-electron chi connectivity index (χ3n) is 7.12. The van der Waals surface area contributed by atoms with Crippen molar-refractivity contribution < 1.29 is 47.7 Å². The van der Waals surface area contributed by atoms with Crippen LogP contribution in [0.5, 0.6) is 0 Å². The lowest BCUT2D eigenvalue weighted by Crippen LogP contribution is -2.54. The Morgan fingerprint density at radius 3 is 2.14 bits per heavy atom. The quantitative estimate of drug-likeness (QED) is 0.105. The third-order valence-corrected chi connectivity index (χ3v) is 7.12. The standard InChI is InChI=1S/C31H45N3O10/c1-2-3-4-5-6-10-27(36)44-22-21-43-20-19-42-18-17-41-16-15-40-14-13-32-24-9-7-8-23-28(24)31(39)34(30(23)38)25-11-12-26(35)33-29(25)37/h7-9,25,32H,2-6,10-22H2,1H3,(H,33,35,37). The number of fused-ring (bicyclic) bond motifs is 1. The van der Waals surface area contributed by atoms with E-state index in [0.717, 1.165) is 24.2 Å². The molecule has 1 unspecified atom stereocenters. The largest absolute Gasteiger partial charge is 0.463 e. The van der Waals surface area contributed by atoms with Crippen LogP contribution in [0.1, 0.15) is 79.0 Å². The molecule has 1 aromatic rings. The van der Waals surface area contributed by atoms with Crippen LogP contribution in [0.25, 0.3) is 0 Å². The maximum absolute atomic E-state index is 13.1. The number of imide groups is 2. The molecule has 0 aromatic heterocycles. The van der Waals surface area contributed by atoms with Crippen LogP contribution in [0.3, 0.4) is 0 Å². The van der Waals surface area contributed by atoms with Crippen LogP contribution < -0.4 is 10.6 Å². The summed E-state index contributed by atoms with van der Waals surface area (Å²) in [5, 5.41) is 5.32. The van der Waals surface area contributed by atoms with Gasteiger partial charge in [-0.15, -0.1) is 0 Å². The Hall–Kier alpha value is -3.39. The van der Waals surface area contributed by atoms with Gasteiger partial charge in [-0.1, -0.05) is 38.7 Å². The van der Waals surface area contributed by atoms with Crippen LogP contribution in [-0.4, -0.2) is 107 Å². The topological polar surface area (TPSA) is 159 Å². The molecule has 0 aliphatic carbocycles. The fourth-order valence-corrected chi connectivity index (χ4v) is 4.84. The zero-order valence-electron chi connectivity index (χ0n) is 25.6. The Morgan fingerprint density at radius 2 is 1.48 bits per heavy atom. The van der Waals surface area contributed by atoms with Gasteiger partial charge in [-0.3, -0.25) is 34.2 Å². The monoisotopic (exact) mass is 619 g/mol. The van der Waals surface area contributed by atoms with Gasteiger partial charge in [-0.25, -0.2) is 0 Å². The molecule has 0 saturated carbocycles. The summed E-state index contributed by atoms with van der Waals surface area (Å²) in [6.45, 7) is 5.89. The number of carbonyl (C=O) groups is 5. The number of nitrogens with one attached hydrogen (secondary N) is 2. The lowest BCUT2D eigenvalue weighted by Gasteiger charge is -2.27. The second-order valence-corrected chi connectivity index (χ2v) is 10.4. The van der Waals surface area contributed by atoms with Gasteiger partial charge >= 0.3 is 5.97 Å². The van der Waals surface area contributed by atoms with Gasteiger partial charge in [0.15, 0.2) is 0 Å². The van der Waals surface area contributed by atoms with E-state index in [9.17, 15) is 24.0 Å². The molecule has 2 aliphatic rings. The third kappa shape index (κ3) is 11.3. The zero-order valence-corrected chi connectivity index (χ0v) is 25.6. The van der Waals surface area contributed by atoms with Gasteiger partial charge in [0.25, 0.3) is 11.8 Å². The highest BCUT2D eigenvalue weighted by molar-refractivity contribution is 6.25. The van der Waals surface area contributed by atoms with E-state index >= 15 is 0 Å². The predicted molar refractivity (Wildman–Crippen MR) is 159 cm³/mol. The number of rotatable bonds is 23. The molecule has 0 spiro atoms. The van der Waals surface area contributed by atoms with Gasteiger partial charge in [-0.05, 0) is 25.0 Å². The van der Waals surface area contributed by atoms with Crippen molar-refractivity contribution in [1.82, 2.24) is 10.2 Å². The molecule has 2 N–H and O–H groups in total. The number of amides is 4. The number of nitrogens with zero attached hydrogens (tertiary/aromatic N) is 1. The van der Waals surface area contributed by atoms with Crippen molar-refractivity contribution in [3.05, 3.63) is 29.3 Å². The fraction of sp³-hybridized carbons (Fsp3) is 0.645. The number of esters is 1. The number of carbonyl (C=O) groups excluding carboxylic acids is 5. The van der Waals surface area contributed by atoms with Crippen molar-refractivity contribution in [3.63, 3.8) is 0 Å². The highest BCUT2D eigenvalue weighted by atomic mass is 16.6. The molecule has 0 bridgehead atoms. The number of hydrogen-bond acceptors (Lipinski definition) is 11. The highest BCUT2D eigenvalue weighted by Gasteiger charge is 2.45. The van der Waals surface area contributed by atoms with Crippen molar-refractivity contribution in [2.75, 3.05) is 71.3 Å². The Kier molecular flexibility index (Phi) is 15.8. The first-order chi connectivity index (χ1) is 21.4. The minimum Gasteiger partial charge on any atom is -0.463 e. The van der Waals surface area contributed by atoms with Crippen LogP contribution >= 0.6 is 0 Å². The molecule has 4 amide bonds. The molecule has 1 saturated heterocycles. The Labute approximate surface area is 258 Å². The van der Waals surface area contributed by atoms with Crippen LogP contribution in [0.4, 0.5) is 5.69 Å². The molecule has 2 heterocycles. The summed E-state index contributed by atoms with van der Waals surface area (Å²) >= 11 is 0. The average Bonchev–Trinajstić information content (AvgIpc) is 3.26. The van der Waals surface area contributed by atoms with E-state index in [-0.39, 0.29) is 36.5 Å². The SMILES string of the molecule is CCCCCCCC(=O)OCCOCCOCCOCCOCCNc1cccc2c1C(=O)N(C1CCC(=O)NC1=O)C2=O. The van der Waals surface area contributed by atoms with Crippen molar-refractivity contribution >= 4 is 35.3 Å². The minimum atomic E-state index is -1.01. The van der Waals surface area contributed by atoms with Crippen LogP contribution in [0.2, 0.25) is 0 Å². The highest BCUT2D eigenvalue weighted by Crippen LogP contribution is 2.32. The smallest absolute Gasteiger partial charge is 0.305 e. The molecular formula is C31H45N3O10. The zero-order chi connectivity index (χ0) is 31.6. The Bertz CT molecular complexity index is 1110. The molecule has 244 valence electrons. The summed E-state index contributed by atoms with van der Waals surface area (Å²) in [4.78, 5) is 62.3. The second kappa shape index (κ2) is 19.8. The number of hydrogen-bond donors (Lipinski definition) is 2. The lowest BCUT2D eigenvalue weighted by molar-refractivity contribution is -0.145. The number of anilines is 1. The molecule has 13 nitrogen and oxygen atoms in total. The molecule has 3 rings (SSSR count). The van der Waals surface area contributed by atoms with Crippen LogP contribution in [0, 0.1) is 0 Å². The molecule has 44 heavy (non-hydrogen) atoms. The predicted octanol–water partition coefficient (Wildman–Crippen LogP) is 2.47. The summed E-state index contributed by atoms with van der Waals surface area (Å²) < 4.78 is 27.0. The maximum atomic E-state index is 13.1. The van der Waals surface area contributed by atoms with E-state index in [2.05, 4.69) is 17.6 Å². The molecular weight excluding hydrogens is 574 g/mol. The molecule has 1 aromatic carbocycles. The Balaban J connectivity index is 1.16. The first kappa shape index (κ1) is 35.1. The van der Waals surface area contributed by atoms with Gasteiger partial charge in [0.05, 0.1) is 64.0 Å². The van der Waals surface area contributed by atoms with Gasteiger partial charge in [-0.2, -0.15) is 0 Å². The van der Waals surface area contributed by atoms with Gasteiger partial charge in [0, 0.05) is 25.1 Å². The van der Waals surface area contributed by atoms with Crippen LogP contribution in [0.15, 0.2) is 18.2 Å². The minimum absolute atomic E-state index is 0.0679. The first-order valence-electron chi connectivity index (χ1n) is 15.5. The van der Waals surface area contributed by atoms with Crippen molar-refractivity contribution in [1.29, 1.82) is 0 Å². The summed E-state index contributed by atoms with van der Waals surface area (Å²) in [6, 6.07) is 3.90. The first-order valence-corrected chi connectivity index (χ1v) is 15.5. The summed E-state index contributed by atoms with van der Waals surface area (Å²) in [5.41, 5.74) is 0.908. The molecule has 2 aliphatic heterocycles. The van der Waals surface area contributed by atoms with Crippen molar-refractivity contribution in [2.45, 2.75) is 64.3 Å². The van der Waals surface area contributed by atoms with Gasteiger partial charge < -0.3 is 29.0 Å². The van der Waals surface area contributed by atoms with Crippen molar-refractivity contribution in [2.24, 2.45) is 0 Å². The van der Waals surface area contributed by atoms with E-state index in [0.29, 0.717) is 71.5 Å². The van der Waals surface area contributed by atoms with E-state index in [1.807, 2.05) is 0 Å². The van der Waals surface area contributed by atoms with Crippen LogP contribution in [-0.2, 0) is 38.1 Å². The van der Waals surface area contributed by atoms with E-state index < -0.39 is 29.7 Å². The van der Waals surface area contributed by atoms with E-state index in [4.69, 9.17) is 23.7 Å². The summed E-state index contributed by atoms with van der Waals surface area (Å²) in [5.74, 6) is -2.34. The number of piperidine rings is 1. The normalized spacial score (nSPS) is 16.3. The molecule has 1 atom stereocenters. The number of ether oxygens (including phenoxy) is 5. The maximum Gasteiger partial charge on any atom is 0.305 e. The van der Waals surface area contributed by atoms with E-state index in [1.165, 1.54) is 12.8 Å². The molecule has 13 heteroatoms. The molecule has 0 radical (unpaired) electrons. The number of unbranched alkanes of at least 4 members (excludes halogenated alkanes) is 4. The molecule has 1 fully saturated rings. The lowest BCUT2D eigenvalue weighted by atomic mass is 10.0. The average molecular weight is 620 g/mol. The second-order valence-electron chi connectivity index (χ2n) is 10.4. The van der Waals surface area contributed by atoms with Gasteiger partial charge in [0.1, 0.15) is 12.6 Å².